The summed E-state index contributed by atoms with van der Waals surface area (Å²) < 4.78 is 5.81. The van der Waals surface area contributed by atoms with Crippen LogP contribution in [0.15, 0.2) is 34.7 Å². The number of para-hydroxylation sites is 1. The number of furan rings is 1. The predicted molar refractivity (Wildman–Crippen MR) is 73.4 cm³/mol. The second-order valence-electron chi connectivity index (χ2n) is 5.23. The van der Waals surface area contributed by atoms with Crippen molar-refractivity contribution in [3.05, 3.63) is 36.1 Å². The minimum absolute atomic E-state index is 0.0156. The van der Waals surface area contributed by atoms with Crippen LogP contribution in [0.1, 0.15) is 18.6 Å². The number of amides is 1. The minimum Gasteiger partial charge on any atom is -0.460 e. The summed E-state index contributed by atoms with van der Waals surface area (Å²) in [5, 5.41) is 1.13. The third-order valence-corrected chi connectivity index (χ3v) is 3.76. The van der Waals surface area contributed by atoms with Crippen molar-refractivity contribution < 1.29 is 9.21 Å². The Hall–Kier alpha value is -1.81. The van der Waals surface area contributed by atoms with Crippen molar-refractivity contribution in [1.29, 1.82) is 0 Å². The van der Waals surface area contributed by atoms with Gasteiger partial charge in [0.25, 0.3) is 0 Å². The Morgan fingerprint density at radius 3 is 3.05 bits per heavy atom. The monoisotopic (exact) mass is 258 g/mol. The molecule has 100 valence electrons. The second kappa shape index (κ2) is 5.05. The molecule has 2 N–H and O–H groups in total. The molecule has 3 rings (SSSR count). The first-order valence-corrected chi connectivity index (χ1v) is 6.71. The summed E-state index contributed by atoms with van der Waals surface area (Å²) in [6, 6.07) is 10.1. The Morgan fingerprint density at radius 1 is 1.42 bits per heavy atom. The van der Waals surface area contributed by atoms with Crippen molar-refractivity contribution in [2.45, 2.75) is 19.4 Å². The molecular formula is C15H18N2O2. The molecule has 0 bridgehead atoms. The summed E-state index contributed by atoms with van der Waals surface area (Å²) in [4.78, 5) is 13.5. The molecule has 0 spiro atoms. The highest BCUT2D eigenvalue weighted by Crippen LogP contribution is 2.22. The number of primary amides is 1. The number of benzene rings is 1. The number of nitrogens with zero attached hydrogens (tertiary/aromatic N) is 1. The molecule has 4 heteroatoms. The number of nitrogens with two attached hydrogens (primary N) is 1. The Bertz CT molecular complexity index is 558. The number of carbonyl (C=O) groups is 1. The van der Waals surface area contributed by atoms with Gasteiger partial charge in [0, 0.05) is 11.9 Å². The number of likely N-dealkylation sites (tertiary alicyclic amines) is 1. The molecule has 1 atom stereocenters. The number of carbonyl (C=O) groups excluding carboxylic acids is 1. The van der Waals surface area contributed by atoms with Gasteiger partial charge < -0.3 is 10.2 Å². The SMILES string of the molecule is NC(=O)C1CCCN(Cc2cc3ccccc3o2)C1. The van der Waals surface area contributed by atoms with Crippen LogP contribution in [0.3, 0.4) is 0 Å². The molecule has 1 fully saturated rings. The van der Waals surface area contributed by atoms with E-state index in [2.05, 4.69) is 11.0 Å². The predicted octanol–water partition coefficient (Wildman–Crippen LogP) is 2.13. The third-order valence-electron chi connectivity index (χ3n) is 3.76. The zero-order valence-electron chi connectivity index (χ0n) is 10.8. The summed E-state index contributed by atoms with van der Waals surface area (Å²) >= 11 is 0. The highest BCUT2D eigenvalue weighted by Gasteiger charge is 2.24. The van der Waals surface area contributed by atoms with Gasteiger partial charge in [-0.05, 0) is 31.5 Å². The molecule has 1 aliphatic heterocycles. The molecule has 2 heterocycles. The first kappa shape index (κ1) is 12.2. The molecule has 1 unspecified atom stereocenters. The molecule has 1 aromatic carbocycles. The Labute approximate surface area is 112 Å². The number of rotatable bonds is 3. The standard InChI is InChI=1S/C15H18N2O2/c16-15(18)12-5-3-7-17(9-12)10-13-8-11-4-1-2-6-14(11)19-13/h1-2,4,6,8,12H,3,5,7,9-10H2,(H2,16,18). The number of fused-ring (bicyclic) bond motifs is 1. The highest BCUT2D eigenvalue weighted by molar-refractivity contribution is 5.78. The summed E-state index contributed by atoms with van der Waals surface area (Å²) in [6.07, 6.45) is 1.93. The lowest BCUT2D eigenvalue weighted by atomic mass is 9.97. The molecule has 1 saturated heterocycles. The molecule has 1 aromatic heterocycles. The zero-order chi connectivity index (χ0) is 13.2. The van der Waals surface area contributed by atoms with Crippen LogP contribution in [0.5, 0.6) is 0 Å². The first-order chi connectivity index (χ1) is 9.22. The smallest absolute Gasteiger partial charge is 0.221 e. The van der Waals surface area contributed by atoms with Gasteiger partial charge in [-0.2, -0.15) is 0 Å². The lowest BCUT2D eigenvalue weighted by molar-refractivity contribution is -0.123. The second-order valence-corrected chi connectivity index (χ2v) is 5.23. The van der Waals surface area contributed by atoms with Crippen molar-refractivity contribution in [3.8, 4) is 0 Å². The van der Waals surface area contributed by atoms with Gasteiger partial charge in [0.05, 0.1) is 12.5 Å². The van der Waals surface area contributed by atoms with E-state index in [0.717, 1.165) is 49.2 Å². The van der Waals surface area contributed by atoms with Crippen LogP contribution in [0, 0.1) is 5.92 Å². The quantitative estimate of drug-likeness (QED) is 0.917. The zero-order valence-corrected chi connectivity index (χ0v) is 10.8. The first-order valence-electron chi connectivity index (χ1n) is 6.71. The topological polar surface area (TPSA) is 59.5 Å². The van der Waals surface area contributed by atoms with Crippen LogP contribution < -0.4 is 5.73 Å². The fourth-order valence-electron chi connectivity index (χ4n) is 2.77. The van der Waals surface area contributed by atoms with E-state index in [9.17, 15) is 4.79 Å². The normalized spacial score (nSPS) is 20.7. The fraction of sp³-hybridized carbons (Fsp3) is 0.400. The van der Waals surface area contributed by atoms with E-state index in [0.29, 0.717) is 0 Å². The molecule has 2 aromatic rings. The van der Waals surface area contributed by atoms with E-state index < -0.39 is 0 Å². The van der Waals surface area contributed by atoms with Gasteiger partial charge in [-0.25, -0.2) is 0 Å². The van der Waals surface area contributed by atoms with E-state index >= 15 is 0 Å². The molecule has 1 amide bonds. The van der Waals surface area contributed by atoms with Crippen molar-refractivity contribution >= 4 is 16.9 Å². The van der Waals surface area contributed by atoms with Crippen molar-refractivity contribution in [2.24, 2.45) is 11.7 Å². The van der Waals surface area contributed by atoms with Crippen molar-refractivity contribution in [3.63, 3.8) is 0 Å². The Morgan fingerprint density at radius 2 is 2.26 bits per heavy atom. The molecular weight excluding hydrogens is 240 g/mol. The Balaban J connectivity index is 1.72. The van der Waals surface area contributed by atoms with E-state index in [1.54, 1.807) is 0 Å². The Kier molecular flexibility index (Phi) is 3.25. The maximum Gasteiger partial charge on any atom is 0.221 e. The van der Waals surface area contributed by atoms with Crippen LogP contribution in [-0.4, -0.2) is 23.9 Å². The highest BCUT2D eigenvalue weighted by atomic mass is 16.3. The average molecular weight is 258 g/mol. The van der Waals surface area contributed by atoms with Crippen LogP contribution in [0.2, 0.25) is 0 Å². The molecule has 1 aliphatic rings. The van der Waals surface area contributed by atoms with E-state index in [1.807, 2.05) is 24.3 Å². The molecule has 0 saturated carbocycles. The van der Waals surface area contributed by atoms with Crippen LogP contribution in [0.4, 0.5) is 0 Å². The summed E-state index contributed by atoms with van der Waals surface area (Å²) in [5.41, 5.74) is 6.31. The van der Waals surface area contributed by atoms with Crippen LogP contribution in [-0.2, 0) is 11.3 Å². The molecule has 19 heavy (non-hydrogen) atoms. The van der Waals surface area contributed by atoms with Gasteiger partial charge in [-0.1, -0.05) is 18.2 Å². The summed E-state index contributed by atoms with van der Waals surface area (Å²) in [5.74, 6) is 0.749. The molecule has 0 aliphatic carbocycles. The van der Waals surface area contributed by atoms with Gasteiger partial charge in [0.2, 0.25) is 5.91 Å². The largest absolute Gasteiger partial charge is 0.460 e. The summed E-state index contributed by atoms with van der Waals surface area (Å²) in [7, 11) is 0. The van der Waals surface area contributed by atoms with Gasteiger partial charge in [-0.15, -0.1) is 0 Å². The van der Waals surface area contributed by atoms with E-state index in [4.69, 9.17) is 10.2 Å². The third kappa shape index (κ3) is 2.63. The van der Waals surface area contributed by atoms with Gasteiger partial charge >= 0.3 is 0 Å². The van der Waals surface area contributed by atoms with Crippen LogP contribution >= 0.6 is 0 Å². The van der Waals surface area contributed by atoms with Crippen molar-refractivity contribution in [1.82, 2.24) is 4.90 Å². The number of hydrogen-bond acceptors (Lipinski definition) is 3. The lowest BCUT2D eigenvalue weighted by Crippen LogP contribution is -2.40. The van der Waals surface area contributed by atoms with Gasteiger partial charge in [0.1, 0.15) is 11.3 Å². The minimum atomic E-state index is -0.186. The van der Waals surface area contributed by atoms with Crippen LogP contribution in [0.25, 0.3) is 11.0 Å². The van der Waals surface area contributed by atoms with Crippen molar-refractivity contribution in [2.75, 3.05) is 13.1 Å². The van der Waals surface area contributed by atoms with Gasteiger partial charge in [-0.3, -0.25) is 9.69 Å². The lowest BCUT2D eigenvalue weighted by Gasteiger charge is -2.30. The maximum absolute atomic E-state index is 11.3. The average Bonchev–Trinajstić information content (AvgIpc) is 2.81. The number of piperidine rings is 1. The van der Waals surface area contributed by atoms with E-state index in [1.165, 1.54) is 0 Å². The van der Waals surface area contributed by atoms with Gasteiger partial charge in [0.15, 0.2) is 0 Å². The summed E-state index contributed by atoms with van der Waals surface area (Å²) in [6.45, 7) is 2.49. The fourth-order valence-corrected chi connectivity index (χ4v) is 2.77. The number of hydrogen-bond donors (Lipinski definition) is 1. The maximum atomic E-state index is 11.3. The molecule has 4 nitrogen and oxygen atoms in total. The van der Waals surface area contributed by atoms with E-state index in [-0.39, 0.29) is 11.8 Å². The molecule has 0 radical (unpaired) electrons.